The Labute approximate surface area is 232 Å². The molecule has 4 aromatic rings. The minimum absolute atomic E-state index is 0. The summed E-state index contributed by atoms with van der Waals surface area (Å²) in [5, 5.41) is 32.5. The molecule has 3 aromatic heterocycles. The van der Waals surface area contributed by atoms with Gasteiger partial charge in [0.25, 0.3) is 5.89 Å². The van der Waals surface area contributed by atoms with Gasteiger partial charge in [-0.15, -0.1) is 11.3 Å². The van der Waals surface area contributed by atoms with Crippen LogP contribution in [0.3, 0.4) is 0 Å². The van der Waals surface area contributed by atoms with Crippen molar-refractivity contribution in [1.29, 1.82) is 0 Å². The third kappa shape index (κ3) is 7.66. The van der Waals surface area contributed by atoms with Gasteiger partial charge in [0, 0.05) is 17.0 Å². The minimum atomic E-state index is -0.203. The molecule has 0 aliphatic carbocycles. The first kappa shape index (κ1) is 32.9. The van der Waals surface area contributed by atoms with E-state index in [4.69, 9.17) is 19.5 Å². The Morgan fingerprint density at radius 2 is 1.78 bits per heavy atom. The quantitative estimate of drug-likeness (QED) is 0.223. The van der Waals surface area contributed by atoms with Gasteiger partial charge in [-0.25, -0.2) is 4.98 Å². The van der Waals surface area contributed by atoms with Crippen LogP contribution in [0.4, 0.5) is 0 Å². The SMILES string of the molecule is C=O.C[O-].C[O-].Cc1noc(-c2csc(C(=O)c3cn(CO)c4ccccc34)n2)n1.[Na+].[Na+]. The Kier molecular flexibility index (Phi) is 17.8. The number of rotatable bonds is 4. The number of hydrogen-bond acceptors (Lipinski definition) is 10. The predicted molar refractivity (Wildman–Crippen MR) is 107 cm³/mol. The second-order valence-electron chi connectivity index (χ2n) is 5.18. The molecule has 10 nitrogen and oxygen atoms in total. The maximum absolute atomic E-state index is 12.8. The van der Waals surface area contributed by atoms with Crippen LogP contribution in [0.2, 0.25) is 0 Å². The van der Waals surface area contributed by atoms with Crippen molar-refractivity contribution >= 4 is 34.8 Å². The fourth-order valence-electron chi connectivity index (χ4n) is 2.54. The van der Waals surface area contributed by atoms with Crippen molar-refractivity contribution in [2.75, 3.05) is 14.2 Å². The Balaban J connectivity index is 0. The van der Waals surface area contributed by atoms with E-state index in [0.29, 0.717) is 28.0 Å². The van der Waals surface area contributed by atoms with Gasteiger partial charge in [-0.05, 0) is 13.0 Å². The molecular weight excluding hydrogens is 458 g/mol. The number of nitrogens with zero attached hydrogens (tertiary/aromatic N) is 4. The van der Waals surface area contributed by atoms with E-state index in [0.717, 1.165) is 25.1 Å². The number of benzene rings is 1. The van der Waals surface area contributed by atoms with Crippen LogP contribution in [0.5, 0.6) is 0 Å². The fourth-order valence-corrected chi connectivity index (χ4v) is 3.28. The molecular formula is C19H20N4Na2O6S. The van der Waals surface area contributed by atoms with Crippen molar-refractivity contribution < 1.29 is 88.5 Å². The normalized spacial score (nSPS) is 8.94. The first-order valence-electron chi connectivity index (χ1n) is 8.27. The van der Waals surface area contributed by atoms with Crippen molar-refractivity contribution in [2.45, 2.75) is 13.7 Å². The van der Waals surface area contributed by atoms with E-state index in [1.165, 1.54) is 11.3 Å². The zero-order valence-corrected chi connectivity index (χ0v) is 23.4. The van der Waals surface area contributed by atoms with Gasteiger partial charge in [-0.1, -0.05) is 23.4 Å². The summed E-state index contributed by atoms with van der Waals surface area (Å²) in [4.78, 5) is 29.3. The van der Waals surface area contributed by atoms with E-state index in [1.54, 1.807) is 23.1 Å². The summed E-state index contributed by atoms with van der Waals surface area (Å²) >= 11 is 1.22. The molecule has 0 aliphatic rings. The topological polar surface area (TPSA) is 157 Å². The number of hydrogen-bond donors (Lipinski definition) is 1. The molecule has 32 heavy (non-hydrogen) atoms. The monoisotopic (exact) mass is 478 g/mol. The van der Waals surface area contributed by atoms with Gasteiger partial charge < -0.3 is 29.2 Å². The average molecular weight is 478 g/mol. The summed E-state index contributed by atoms with van der Waals surface area (Å²) in [5.41, 5.74) is 1.78. The number of aryl methyl sites for hydroxylation is 1. The van der Waals surface area contributed by atoms with Gasteiger partial charge in [-0.2, -0.15) is 19.2 Å². The van der Waals surface area contributed by atoms with E-state index in [9.17, 15) is 9.90 Å². The molecule has 4 rings (SSSR count). The Hall–Kier alpha value is -1.25. The maximum atomic E-state index is 12.8. The second-order valence-corrected chi connectivity index (χ2v) is 6.04. The average Bonchev–Trinajstić information content (AvgIpc) is 3.55. The first-order valence-corrected chi connectivity index (χ1v) is 9.15. The molecule has 0 unspecified atom stereocenters. The third-order valence-corrected chi connectivity index (χ3v) is 4.47. The van der Waals surface area contributed by atoms with Gasteiger partial charge in [0.2, 0.25) is 5.78 Å². The molecule has 0 atom stereocenters. The molecule has 1 aromatic carbocycles. The van der Waals surface area contributed by atoms with Crippen LogP contribution in [-0.4, -0.2) is 51.6 Å². The van der Waals surface area contributed by atoms with E-state index in [2.05, 4.69) is 15.1 Å². The molecule has 0 radical (unpaired) electrons. The van der Waals surface area contributed by atoms with E-state index in [1.807, 2.05) is 31.1 Å². The van der Waals surface area contributed by atoms with Crippen LogP contribution in [0.25, 0.3) is 22.5 Å². The molecule has 1 N–H and O–H groups in total. The fraction of sp³-hybridized carbons (Fsp3) is 0.211. The first-order chi connectivity index (χ1) is 14.7. The maximum Gasteiger partial charge on any atom is 1.00 e. The molecule has 0 amide bonds. The molecule has 0 bridgehead atoms. The van der Waals surface area contributed by atoms with Gasteiger partial charge in [-0.3, -0.25) is 4.79 Å². The van der Waals surface area contributed by atoms with Crippen LogP contribution in [0.1, 0.15) is 21.2 Å². The summed E-state index contributed by atoms with van der Waals surface area (Å²) in [6.07, 6.45) is 1.64. The Bertz CT molecular complexity index is 1080. The number of carbonyl (C=O) groups is 2. The standard InChI is InChI=1S/C16H12N4O3S.2CH3O.CH2O.2Na/c1-9-17-15(23-19-9)12-7-24-16(18-12)14(22)11-6-20(8-21)13-5-3-2-4-10(11)13;3*1-2;;/h2-7,21H,8H2,1H3;2*1H3;1H2;;/q;2*-1;;2*+1. The summed E-state index contributed by atoms with van der Waals surface area (Å²) in [7, 11) is 1.50. The molecule has 160 valence electrons. The third-order valence-electron chi connectivity index (χ3n) is 3.63. The number of aliphatic hydroxyl groups excluding tert-OH is 1. The number of fused-ring (bicyclic) bond motifs is 1. The molecule has 0 fully saturated rings. The van der Waals surface area contributed by atoms with E-state index < -0.39 is 0 Å². The van der Waals surface area contributed by atoms with Crippen molar-refractivity contribution in [2.24, 2.45) is 0 Å². The number of aromatic nitrogens is 4. The summed E-state index contributed by atoms with van der Waals surface area (Å²) in [5.74, 6) is 0.600. The van der Waals surface area contributed by atoms with Crippen molar-refractivity contribution in [3.63, 3.8) is 0 Å². The summed E-state index contributed by atoms with van der Waals surface area (Å²) in [6, 6.07) is 7.43. The zero-order valence-electron chi connectivity index (χ0n) is 18.6. The number of carbonyl (C=O) groups excluding carboxylic acids is 2. The van der Waals surface area contributed by atoms with Crippen LogP contribution >= 0.6 is 11.3 Å². The minimum Gasteiger partial charge on any atom is -0.857 e. The molecule has 3 heterocycles. The van der Waals surface area contributed by atoms with Gasteiger partial charge in [0.05, 0.1) is 11.1 Å². The number of ketones is 1. The number of aliphatic hydroxyl groups is 1. The van der Waals surface area contributed by atoms with Gasteiger partial charge in [0.15, 0.2) is 10.8 Å². The number of thiazole rings is 1. The summed E-state index contributed by atoms with van der Waals surface area (Å²) < 4.78 is 6.70. The van der Waals surface area contributed by atoms with Crippen LogP contribution in [0.15, 0.2) is 40.4 Å². The van der Waals surface area contributed by atoms with Gasteiger partial charge >= 0.3 is 59.1 Å². The second kappa shape index (κ2) is 17.3. The Morgan fingerprint density at radius 1 is 1.16 bits per heavy atom. The molecule has 0 saturated carbocycles. The van der Waals surface area contributed by atoms with E-state index in [-0.39, 0.29) is 71.6 Å². The largest absolute Gasteiger partial charge is 1.00 e. The van der Waals surface area contributed by atoms with Crippen LogP contribution < -0.4 is 69.3 Å². The molecule has 13 heteroatoms. The molecule has 0 spiro atoms. The molecule has 0 saturated heterocycles. The van der Waals surface area contributed by atoms with Crippen molar-refractivity contribution in [3.8, 4) is 11.6 Å². The van der Waals surface area contributed by atoms with Crippen LogP contribution in [-0.2, 0) is 11.5 Å². The van der Waals surface area contributed by atoms with Gasteiger partial charge in [0.1, 0.15) is 19.2 Å². The van der Waals surface area contributed by atoms with Crippen LogP contribution in [0, 0.1) is 6.92 Å². The van der Waals surface area contributed by atoms with Crippen molar-refractivity contribution in [1.82, 2.24) is 19.7 Å². The summed E-state index contributed by atoms with van der Waals surface area (Å²) in [6.45, 7) is 3.52. The predicted octanol–water partition coefficient (Wildman–Crippen LogP) is -5.59. The number of para-hydroxylation sites is 1. The smallest absolute Gasteiger partial charge is 0.857 e. The Morgan fingerprint density at radius 3 is 2.34 bits per heavy atom. The molecule has 0 aliphatic heterocycles. The van der Waals surface area contributed by atoms with E-state index >= 15 is 0 Å². The van der Waals surface area contributed by atoms with Crippen molar-refractivity contribution in [3.05, 3.63) is 52.2 Å². The zero-order chi connectivity index (χ0) is 22.7.